The first-order valence-electron chi connectivity index (χ1n) is 6.78. The summed E-state index contributed by atoms with van der Waals surface area (Å²) in [6, 6.07) is 5.32. The molecule has 1 aliphatic rings. The summed E-state index contributed by atoms with van der Waals surface area (Å²) in [6.45, 7) is 4.35. The zero-order valence-electron chi connectivity index (χ0n) is 12.4. The molecular weight excluding hydrogens is 292 g/mol. The van der Waals surface area contributed by atoms with E-state index in [1.807, 2.05) is 13.0 Å². The molecule has 1 fully saturated rings. The van der Waals surface area contributed by atoms with E-state index in [1.165, 1.54) is 4.90 Å². The number of hydrogen-bond donors (Lipinski definition) is 1. The zero-order valence-corrected chi connectivity index (χ0v) is 13.2. The Hall–Kier alpha value is -1.60. The van der Waals surface area contributed by atoms with Gasteiger partial charge in [-0.1, -0.05) is 12.1 Å². The van der Waals surface area contributed by atoms with Crippen LogP contribution in [0, 0.1) is 13.8 Å². The summed E-state index contributed by atoms with van der Waals surface area (Å²) in [4.78, 5) is 13.0. The number of cyclic esters (lactones) is 1. The minimum Gasteiger partial charge on any atom is -0.444 e. The molecule has 116 valence electrons. The van der Waals surface area contributed by atoms with Crippen LogP contribution in [-0.4, -0.2) is 45.7 Å². The smallest absolute Gasteiger partial charge is 0.409 e. The van der Waals surface area contributed by atoms with E-state index in [0.717, 1.165) is 5.56 Å². The minimum absolute atomic E-state index is 0.238. The fraction of sp³-hybridized carbons (Fsp3) is 0.500. The lowest BCUT2D eigenvalue weighted by molar-refractivity contribution is 0.131. The molecule has 1 aromatic rings. The van der Waals surface area contributed by atoms with Gasteiger partial charge in [-0.3, -0.25) is 0 Å². The maximum atomic E-state index is 12.3. The molecule has 0 spiro atoms. The molecule has 6 nitrogen and oxygen atoms in total. The lowest BCUT2D eigenvalue weighted by Crippen LogP contribution is -2.29. The molecule has 21 heavy (non-hydrogen) atoms. The molecule has 1 atom stereocenters. The van der Waals surface area contributed by atoms with Crippen LogP contribution in [0.2, 0.25) is 0 Å². The van der Waals surface area contributed by atoms with Crippen LogP contribution in [0.3, 0.4) is 0 Å². The molecule has 1 N–H and O–H groups in total. The van der Waals surface area contributed by atoms with E-state index in [-0.39, 0.29) is 18.7 Å². The number of amides is 1. The Morgan fingerprint density at radius 1 is 1.38 bits per heavy atom. The first-order valence-corrected chi connectivity index (χ1v) is 8.26. The van der Waals surface area contributed by atoms with Crippen molar-refractivity contribution in [3.63, 3.8) is 0 Å². The SMILES string of the molecule is Cc1ccc(C)c(S(=O)(=O)NCCC2CN(C)C(=O)O2)c1. The van der Waals surface area contributed by atoms with E-state index >= 15 is 0 Å². The Labute approximate surface area is 125 Å². The number of carbonyl (C=O) groups is 1. The molecule has 1 aliphatic heterocycles. The second-order valence-electron chi connectivity index (χ2n) is 5.34. The molecule has 0 saturated carbocycles. The van der Waals surface area contributed by atoms with Gasteiger partial charge in [0.25, 0.3) is 0 Å². The standard InChI is InChI=1S/C14H20N2O4S/c1-10-4-5-11(2)13(8-10)21(18,19)15-7-6-12-9-16(3)14(17)20-12/h4-5,8,12,15H,6-7,9H2,1-3H3. The van der Waals surface area contributed by atoms with Crippen LogP contribution in [0.1, 0.15) is 17.5 Å². The summed E-state index contributed by atoms with van der Waals surface area (Å²) >= 11 is 0. The molecule has 1 saturated heterocycles. The molecule has 0 aromatic heterocycles. The Balaban J connectivity index is 1.96. The minimum atomic E-state index is -3.54. The van der Waals surface area contributed by atoms with Crippen molar-refractivity contribution in [3.05, 3.63) is 29.3 Å². The van der Waals surface area contributed by atoms with Gasteiger partial charge < -0.3 is 9.64 Å². The number of aryl methyl sites for hydroxylation is 2. The zero-order chi connectivity index (χ0) is 15.6. The third kappa shape index (κ3) is 3.74. The van der Waals surface area contributed by atoms with E-state index in [2.05, 4.69) is 4.72 Å². The monoisotopic (exact) mass is 312 g/mol. The second kappa shape index (κ2) is 6.03. The number of hydrogen-bond acceptors (Lipinski definition) is 4. The molecule has 1 amide bonds. The number of carbonyl (C=O) groups excluding carboxylic acids is 1. The first-order chi connectivity index (χ1) is 9.79. The van der Waals surface area contributed by atoms with Crippen molar-refractivity contribution >= 4 is 16.1 Å². The normalized spacial score (nSPS) is 18.9. The van der Waals surface area contributed by atoms with Gasteiger partial charge in [-0.2, -0.15) is 0 Å². The molecule has 1 heterocycles. The first kappa shape index (κ1) is 15.8. The fourth-order valence-electron chi connectivity index (χ4n) is 2.23. The lowest BCUT2D eigenvalue weighted by Gasteiger charge is -2.12. The molecule has 1 aromatic carbocycles. The van der Waals surface area contributed by atoms with Crippen molar-refractivity contribution in [3.8, 4) is 0 Å². The Morgan fingerprint density at radius 3 is 2.71 bits per heavy atom. The molecule has 1 unspecified atom stereocenters. The van der Waals surface area contributed by atoms with Crippen LogP contribution in [-0.2, 0) is 14.8 Å². The van der Waals surface area contributed by atoms with E-state index in [1.54, 1.807) is 26.1 Å². The van der Waals surface area contributed by atoms with Gasteiger partial charge in [0.1, 0.15) is 6.10 Å². The number of nitrogens with one attached hydrogen (secondary N) is 1. The largest absolute Gasteiger partial charge is 0.444 e. The molecule has 0 aliphatic carbocycles. The average molecular weight is 312 g/mol. The molecule has 2 rings (SSSR count). The van der Waals surface area contributed by atoms with Crippen molar-refractivity contribution in [2.75, 3.05) is 20.1 Å². The van der Waals surface area contributed by atoms with Gasteiger partial charge in [0, 0.05) is 13.6 Å². The highest BCUT2D eigenvalue weighted by atomic mass is 32.2. The van der Waals surface area contributed by atoms with Gasteiger partial charge >= 0.3 is 6.09 Å². The third-order valence-electron chi connectivity index (χ3n) is 3.45. The van der Waals surface area contributed by atoms with Crippen LogP contribution >= 0.6 is 0 Å². The van der Waals surface area contributed by atoms with Crippen LogP contribution < -0.4 is 4.72 Å². The maximum absolute atomic E-state index is 12.3. The quantitative estimate of drug-likeness (QED) is 0.892. The fourth-order valence-corrected chi connectivity index (χ4v) is 3.60. The Morgan fingerprint density at radius 2 is 2.10 bits per heavy atom. The predicted molar refractivity (Wildman–Crippen MR) is 78.6 cm³/mol. The predicted octanol–water partition coefficient (Wildman–Crippen LogP) is 1.42. The number of ether oxygens (including phenoxy) is 1. The molecule has 0 radical (unpaired) electrons. The number of rotatable bonds is 5. The Kier molecular flexibility index (Phi) is 4.53. The summed E-state index contributed by atoms with van der Waals surface area (Å²) in [5.74, 6) is 0. The third-order valence-corrected chi connectivity index (χ3v) is 5.05. The molecule has 7 heteroatoms. The number of nitrogens with zero attached hydrogens (tertiary/aromatic N) is 1. The van der Waals surface area contributed by atoms with Gasteiger partial charge in [0.15, 0.2) is 0 Å². The Bertz CT molecular complexity index is 642. The molecule has 0 bridgehead atoms. The van der Waals surface area contributed by atoms with Crippen LogP contribution in [0.5, 0.6) is 0 Å². The summed E-state index contributed by atoms with van der Waals surface area (Å²) in [5, 5.41) is 0. The van der Waals surface area contributed by atoms with E-state index in [4.69, 9.17) is 4.74 Å². The number of sulfonamides is 1. The highest BCUT2D eigenvalue weighted by Crippen LogP contribution is 2.17. The number of benzene rings is 1. The van der Waals surface area contributed by atoms with Crippen molar-refractivity contribution in [1.82, 2.24) is 9.62 Å². The highest BCUT2D eigenvalue weighted by Gasteiger charge is 2.28. The highest BCUT2D eigenvalue weighted by molar-refractivity contribution is 7.89. The number of likely N-dealkylation sites (N-methyl/N-ethyl adjacent to an activating group) is 1. The summed E-state index contributed by atoms with van der Waals surface area (Å²) in [6.07, 6.45) is -0.165. The average Bonchev–Trinajstić information content (AvgIpc) is 2.71. The molecular formula is C14H20N2O4S. The van der Waals surface area contributed by atoms with E-state index in [0.29, 0.717) is 23.4 Å². The van der Waals surface area contributed by atoms with E-state index in [9.17, 15) is 13.2 Å². The topological polar surface area (TPSA) is 75.7 Å². The van der Waals surface area contributed by atoms with Crippen molar-refractivity contribution in [2.45, 2.75) is 31.3 Å². The summed E-state index contributed by atoms with van der Waals surface area (Å²) in [7, 11) is -1.88. The van der Waals surface area contributed by atoms with Gasteiger partial charge in [-0.15, -0.1) is 0 Å². The van der Waals surface area contributed by atoms with Crippen LogP contribution in [0.15, 0.2) is 23.1 Å². The van der Waals surface area contributed by atoms with Gasteiger partial charge in [-0.05, 0) is 37.5 Å². The van der Waals surface area contributed by atoms with Crippen LogP contribution in [0.4, 0.5) is 4.79 Å². The van der Waals surface area contributed by atoms with Crippen molar-refractivity contribution < 1.29 is 17.9 Å². The van der Waals surface area contributed by atoms with Gasteiger partial charge in [0.2, 0.25) is 10.0 Å². The van der Waals surface area contributed by atoms with Crippen molar-refractivity contribution in [1.29, 1.82) is 0 Å². The van der Waals surface area contributed by atoms with Crippen molar-refractivity contribution in [2.24, 2.45) is 0 Å². The lowest BCUT2D eigenvalue weighted by atomic mass is 10.2. The van der Waals surface area contributed by atoms with Gasteiger partial charge in [0.05, 0.1) is 11.4 Å². The van der Waals surface area contributed by atoms with Gasteiger partial charge in [-0.25, -0.2) is 17.9 Å². The maximum Gasteiger partial charge on any atom is 0.409 e. The summed E-state index contributed by atoms with van der Waals surface area (Å²) < 4.78 is 32.2. The van der Waals surface area contributed by atoms with E-state index < -0.39 is 10.0 Å². The summed E-state index contributed by atoms with van der Waals surface area (Å²) in [5.41, 5.74) is 1.60. The second-order valence-corrected chi connectivity index (χ2v) is 7.08. The van der Waals surface area contributed by atoms with Crippen LogP contribution in [0.25, 0.3) is 0 Å².